The highest BCUT2D eigenvalue weighted by molar-refractivity contribution is 6.21. The van der Waals surface area contributed by atoms with E-state index < -0.39 is 5.38 Å². The van der Waals surface area contributed by atoms with Gasteiger partial charge in [0.2, 0.25) is 0 Å². The molecule has 0 amide bonds. The first-order chi connectivity index (χ1) is 8.50. The van der Waals surface area contributed by atoms with E-state index in [1.165, 1.54) is 12.1 Å². The van der Waals surface area contributed by atoms with E-state index in [1.807, 2.05) is 0 Å². The molecular formula is C15H19ClF2. The molecule has 1 saturated carbocycles. The van der Waals surface area contributed by atoms with Crippen LogP contribution < -0.4 is 0 Å². The van der Waals surface area contributed by atoms with Crippen LogP contribution in [0.1, 0.15) is 55.5 Å². The number of benzene rings is 1. The molecule has 0 heterocycles. The van der Waals surface area contributed by atoms with Crippen molar-refractivity contribution in [2.24, 2.45) is 5.41 Å². The fourth-order valence-corrected chi connectivity index (χ4v) is 3.59. The molecule has 1 unspecified atom stereocenters. The van der Waals surface area contributed by atoms with Gasteiger partial charge in [-0.15, -0.1) is 11.6 Å². The molecule has 0 spiro atoms. The van der Waals surface area contributed by atoms with Crippen LogP contribution in [-0.2, 0) is 0 Å². The lowest BCUT2D eigenvalue weighted by molar-refractivity contribution is 0.267. The van der Waals surface area contributed by atoms with Crippen molar-refractivity contribution in [1.29, 1.82) is 0 Å². The average molecular weight is 273 g/mol. The summed E-state index contributed by atoms with van der Waals surface area (Å²) in [6.45, 7) is 3.65. The molecule has 1 fully saturated rings. The highest BCUT2D eigenvalue weighted by Gasteiger charge is 2.40. The third-order valence-corrected chi connectivity index (χ3v) is 5.09. The van der Waals surface area contributed by atoms with Crippen molar-refractivity contribution >= 4 is 11.6 Å². The minimum absolute atomic E-state index is 0.0654. The minimum Gasteiger partial charge on any atom is -0.207 e. The molecule has 100 valence electrons. The van der Waals surface area contributed by atoms with Crippen LogP contribution in [0, 0.1) is 24.0 Å². The Bertz CT molecular complexity index is 436. The second-order valence-electron chi connectivity index (χ2n) is 5.41. The summed E-state index contributed by atoms with van der Waals surface area (Å²) in [6.07, 6.45) is 5.19. The summed E-state index contributed by atoms with van der Waals surface area (Å²) in [5.41, 5.74) is 0.588. The molecule has 0 aliphatic heterocycles. The molecule has 0 aromatic heterocycles. The topological polar surface area (TPSA) is 0 Å². The van der Waals surface area contributed by atoms with Crippen molar-refractivity contribution in [2.45, 2.75) is 51.3 Å². The van der Waals surface area contributed by atoms with E-state index in [1.54, 1.807) is 6.92 Å². The molecule has 1 atom stereocenters. The smallest absolute Gasteiger partial charge is 0.128 e. The van der Waals surface area contributed by atoms with Gasteiger partial charge in [-0.3, -0.25) is 0 Å². The van der Waals surface area contributed by atoms with Gasteiger partial charge in [0.05, 0.1) is 5.38 Å². The van der Waals surface area contributed by atoms with Crippen LogP contribution in [0.5, 0.6) is 0 Å². The summed E-state index contributed by atoms with van der Waals surface area (Å²) < 4.78 is 27.6. The second-order valence-corrected chi connectivity index (χ2v) is 5.84. The maximum Gasteiger partial charge on any atom is 0.128 e. The van der Waals surface area contributed by atoms with E-state index in [2.05, 4.69) is 6.92 Å². The summed E-state index contributed by atoms with van der Waals surface area (Å²) in [4.78, 5) is 0. The van der Waals surface area contributed by atoms with Crippen LogP contribution in [0.15, 0.2) is 12.1 Å². The largest absolute Gasteiger partial charge is 0.207 e. The van der Waals surface area contributed by atoms with Gasteiger partial charge in [-0.2, -0.15) is 0 Å². The molecule has 2 rings (SSSR count). The molecule has 0 nitrogen and oxygen atoms in total. The number of hydrogen-bond donors (Lipinski definition) is 0. The molecule has 0 N–H and O–H groups in total. The first-order valence-corrected chi connectivity index (χ1v) is 7.03. The maximum absolute atomic E-state index is 14.0. The van der Waals surface area contributed by atoms with Crippen molar-refractivity contribution in [3.63, 3.8) is 0 Å². The van der Waals surface area contributed by atoms with Gasteiger partial charge >= 0.3 is 0 Å². The van der Waals surface area contributed by atoms with E-state index in [9.17, 15) is 8.78 Å². The van der Waals surface area contributed by atoms with Gasteiger partial charge in [0.15, 0.2) is 0 Å². The van der Waals surface area contributed by atoms with E-state index in [4.69, 9.17) is 11.6 Å². The SMILES string of the molecule is CCC1(C(Cl)c2cc(F)c(C)cc2F)CCCC1. The summed E-state index contributed by atoms with van der Waals surface area (Å²) >= 11 is 6.49. The Balaban J connectivity index is 2.39. The Kier molecular flexibility index (Phi) is 3.96. The van der Waals surface area contributed by atoms with Crippen LogP contribution >= 0.6 is 11.6 Å². The molecule has 1 aliphatic rings. The molecule has 1 aliphatic carbocycles. The highest BCUT2D eigenvalue weighted by atomic mass is 35.5. The number of rotatable bonds is 3. The van der Waals surface area contributed by atoms with Gasteiger partial charge in [0.1, 0.15) is 11.6 Å². The normalized spacial score (nSPS) is 20.1. The standard InChI is InChI=1S/C15H19ClF2/c1-3-15(6-4-5-7-15)14(16)11-9-12(17)10(2)8-13(11)18/h8-9,14H,3-7H2,1-2H3. The maximum atomic E-state index is 14.0. The van der Waals surface area contributed by atoms with Gasteiger partial charge in [0.25, 0.3) is 0 Å². The van der Waals surface area contributed by atoms with Gasteiger partial charge in [-0.05, 0) is 49.3 Å². The van der Waals surface area contributed by atoms with E-state index >= 15 is 0 Å². The van der Waals surface area contributed by atoms with Crippen LogP contribution in [0.4, 0.5) is 8.78 Å². The fourth-order valence-electron chi connectivity index (χ4n) is 3.05. The predicted octanol–water partition coefficient (Wildman–Crippen LogP) is 5.52. The van der Waals surface area contributed by atoms with Gasteiger partial charge in [0, 0.05) is 5.56 Å². The summed E-state index contributed by atoms with van der Waals surface area (Å²) in [6, 6.07) is 2.52. The highest BCUT2D eigenvalue weighted by Crippen LogP contribution is 2.53. The Morgan fingerprint density at radius 3 is 2.39 bits per heavy atom. The Morgan fingerprint density at radius 2 is 1.83 bits per heavy atom. The minimum atomic E-state index is -0.430. The zero-order valence-electron chi connectivity index (χ0n) is 10.9. The van der Waals surface area contributed by atoms with Crippen LogP contribution in [0.25, 0.3) is 0 Å². The number of alkyl halides is 1. The Labute approximate surface area is 112 Å². The summed E-state index contributed by atoms with van der Waals surface area (Å²) in [5, 5.41) is -0.430. The van der Waals surface area contributed by atoms with Crippen molar-refractivity contribution in [1.82, 2.24) is 0 Å². The quantitative estimate of drug-likeness (QED) is 0.635. The van der Waals surface area contributed by atoms with E-state index in [0.29, 0.717) is 11.1 Å². The zero-order valence-corrected chi connectivity index (χ0v) is 11.7. The lowest BCUT2D eigenvalue weighted by Crippen LogP contribution is -2.22. The van der Waals surface area contributed by atoms with E-state index in [-0.39, 0.29) is 17.0 Å². The second kappa shape index (κ2) is 5.16. The molecule has 1 aromatic carbocycles. The predicted molar refractivity (Wildman–Crippen MR) is 70.9 cm³/mol. The molecule has 0 saturated heterocycles. The van der Waals surface area contributed by atoms with Gasteiger partial charge in [-0.25, -0.2) is 8.78 Å². The Hall–Kier alpha value is -0.630. The molecule has 0 bridgehead atoms. The average Bonchev–Trinajstić information content (AvgIpc) is 2.83. The number of halogens is 3. The monoisotopic (exact) mass is 272 g/mol. The first kappa shape index (κ1) is 13.8. The van der Waals surface area contributed by atoms with Crippen molar-refractivity contribution < 1.29 is 8.78 Å². The first-order valence-electron chi connectivity index (χ1n) is 6.60. The summed E-state index contributed by atoms with van der Waals surface area (Å²) in [5.74, 6) is -0.755. The molecule has 0 radical (unpaired) electrons. The third kappa shape index (κ3) is 2.27. The van der Waals surface area contributed by atoms with Crippen molar-refractivity contribution in [3.8, 4) is 0 Å². The van der Waals surface area contributed by atoms with Crippen LogP contribution in [0.2, 0.25) is 0 Å². The zero-order chi connectivity index (χ0) is 13.3. The lowest BCUT2D eigenvalue weighted by atomic mass is 9.77. The number of hydrogen-bond acceptors (Lipinski definition) is 0. The summed E-state index contributed by atoms with van der Waals surface area (Å²) in [7, 11) is 0. The van der Waals surface area contributed by atoms with E-state index in [0.717, 1.165) is 32.1 Å². The third-order valence-electron chi connectivity index (χ3n) is 4.39. The fraction of sp³-hybridized carbons (Fsp3) is 0.600. The molecular weight excluding hydrogens is 254 g/mol. The molecule has 3 heteroatoms. The van der Waals surface area contributed by atoms with Crippen molar-refractivity contribution in [2.75, 3.05) is 0 Å². The van der Waals surface area contributed by atoms with Crippen LogP contribution in [-0.4, -0.2) is 0 Å². The molecule has 1 aromatic rings. The Morgan fingerprint density at radius 1 is 1.22 bits per heavy atom. The van der Waals surface area contributed by atoms with Gasteiger partial charge < -0.3 is 0 Å². The molecule has 18 heavy (non-hydrogen) atoms. The van der Waals surface area contributed by atoms with Gasteiger partial charge in [-0.1, -0.05) is 19.8 Å². The van der Waals surface area contributed by atoms with Crippen molar-refractivity contribution in [3.05, 3.63) is 34.9 Å². The lowest BCUT2D eigenvalue weighted by Gasteiger charge is -2.33. The number of aryl methyl sites for hydroxylation is 1. The van der Waals surface area contributed by atoms with Crippen LogP contribution in [0.3, 0.4) is 0 Å².